The Labute approximate surface area is 104 Å². The van der Waals surface area contributed by atoms with Crippen LogP contribution in [0, 0.1) is 12.3 Å². The number of rotatable bonds is 3. The van der Waals surface area contributed by atoms with Crippen molar-refractivity contribution in [2.75, 3.05) is 11.9 Å². The molecule has 2 heteroatoms. The van der Waals surface area contributed by atoms with Gasteiger partial charge < -0.3 is 5.32 Å². The Kier molecular flexibility index (Phi) is 3.48. The van der Waals surface area contributed by atoms with Crippen LogP contribution in [0.2, 0.25) is 0 Å². The molecule has 1 nitrogen and oxygen atoms in total. The zero-order chi connectivity index (χ0) is 11.4. The van der Waals surface area contributed by atoms with Crippen molar-refractivity contribution in [2.45, 2.75) is 6.42 Å². The van der Waals surface area contributed by atoms with Gasteiger partial charge in [0.05, 0.1) is 0 Å². The monoisotopic (exact) mass is 273 g/mol. The third kappa shape index (κ3) is 2.56. The van der Waals surface area contributed by atoms with Gasteiger partial charge in [-0.1, -0.05) is 28.1 Å². The molecule has 0 heterocycles. The molecule has 0 atom stereocenters. The van der Waals surface area contributed by atoms with Gasteiger partial charge >= 0.3 is 0 Å². The van der Waals surface area contributed by atoms with Gasteiger partial charge in [0.2, 0.25) is 0 Å². The summed E-state index contributed by atoms with van der Waals surface area (Å²) in [6, 6.07) is 12.6. The van der Waals surface area contributed by atoms with Crippen LogP contribution in [-0.2, 0) is 0 Å². The van der Waals surface area contributed by atoms with Crippen molar-refractivity contribution >= 4 is 32.4 Å². The normalized spacial score (nSPS) is 10.0. The predicted octanol–water partition coefficient (Wildman–Crippen LogP) is 4.04. The van der Waals surface area contributed by atoms with Gasteiger partial charge in [0.1, 0.15) is 0 Å². The summed E-state index contributed by atoms with van der Waals surface area (Å²) in [6.07, 6.45) is 5.95. The first-order valence-corrected chi connectivity index (χ1v) is 5.95. The quantitative estimate of drug-likeness (QED) is 0.658. The highest BCUT2D eigenvalue weighted by molar-refractivity contribution is 9.10. The molecule has 0 aliphatic carbocycles. The molecular weight excluding hydrogens is 262 g/mol. The maximum absolute atomic E-state index is 5.20. The van der Waals surface area contributed by atoms with Crippen LogP contribution in [0.4, 0.5) is 5.69 Å². The van der Waals surface area contributed by atoms with Gasteiger partial charge in [-0.15, -0.1) is 12.3 Å². The molecule has 0 aromatic heterocycles. The predicted molar refractivity (Wildman–Crippen MR) is 73.6 cm³/mol. The van der Waals surface area contributed by atoms with Crippen LogP contribution in [0.25, 0.3) is 10.8 Å². The number of halogens is 1. The second-order valence-corrected chi connectivity index (χ2v) is 4.50. The summed E-state index contributed by atoms with van der Waals surface area (Å²) in [5.41, 5.74) is 1.12. The summed E-state index contributed by atoms with van der Waals surface area (Å²) >= 11 is 3.46. The van der Waals surface area contributed by atoms with Gasteiger partial charge in [0.25, 0.3) is 0 Å². The minimum atomic E-state index is 0.748. The summed E-state index contributed by atoms with van der Waals surface area (Å²) in [7, 11) is 0. The molecular formula is C14H12BrN. The number of anilines is 1. The molecule has 1 N–H and O–H groups in total. The van der Waals surface area contributed by atoms with Crippen molar-refractivity contribution in [1.82, 2.24) is 0 Å². The van der Waals surface area contributed by atoms with Gasteiger partial charge in [-0.2, -0.15) is 0 Å². The van der Waals surface area contributed by atoms with Crippen molar-refractivity contribution in [3.63, 3.8) is 0 Å². The molecule has 0 saturated carbocycles. The lowest BCUT2D eigenvalue weighted by atomic mass is 10.1. The van der Waals surface area contributed by atoms with Gasteiger partial charge in [0, 0.05) is 23.1 Å². The Morgan fingerprint density at radius 2 is 1.88 bits per heavy atom. The van der Waals surface area contributed by atoms with Gasteiger partial charge in [-0.25, -0.2) is 0 Å². The molecule has 0 aliphatic rings. The van der Waals surface area contributed by atoms with Crippen molar-refractivity contribution in [1.29, 1.82) is 0 Å². The van der Waals surface area contributed by atoms with E-state index < -0.39 is 0 Å². The molecule has 0 spiro atoms. The minimum Gasteiger partial charge on any atom is -0.384 e. The third-order valence-electron chi connectivity index (χ3n) is 2.40. The summed E-state index contributed by atoms with van der Waals surface area (Å²) in [5, 5.41) is 5.76. The van der Waals surface area contributed by atoms with E-state index in [1.54, 1.807) is 0 Å². The van der Waals surface area contributed by atoms with E-state index >= 15 is 0 Å². The summed E-state index contributed by atoms with van der Waals surface area (Å²) in [6.45, 7) is 0.818. The zero-order valence-electron chi connectivity index (χ0n) is 8.83. The van der Waals surface area contributed by atoms with Crippen LogP contribution >= 0.6 is 15.9 Å². The topological polar surface area (TPSA) is 12.0 Å². The molecule has 0 radical (unpaired) electrons. The van der Waals surface area contributed by atoms with E-state index in [2.05, 4.69) is 57.5 Å². The fourth-order valence-electron chi connectivity index (χ4n) is 1.61. The fraction of sp³-hybridized carbons (Fsp3) is 0.143. The van der Waals surface area contributed by atoms with E-state index in [0.29, 0.717) is 0 Å². The molecule has 0 amide bonds. The van der Waals surface area contributed by atoms with Crippen molar-refractivity contribution in [3.05, 3.63) is 40.9 Å². The van der Waals surface area contributed by atoms with Gasteiger partial charge in [-0.3, -0.25) is 0 Å². The lowest BCUT2D eigenvalue weighted by Gasteiger charge is -2.06. The maximum Gasteiger partial charge on any atom is 0.0346 e. The van der Waals surface area contributed by atoms with E-state index in [1.807, 2.05) is 6.07 Å². The highest BCUT2D eigenvalue weighted by atomic mass is 79.9. The van der Waals surface area contributed by atoms with Crippen LogP contribution in [0.3, 0.4) is 0 Å². The minimum absolute atomic E-state index is 0.748. The molecule has 80 valence electrons. The number of benzene rings is 2. The van der Waals surface area contributed by atoms with E-state index in [0.717, 1.165) is 23.1 Å². The molecule has 0 fully saturated rings. The molecule has 16 heavy (non-hydrogen) atoms. The smallest absolute Gasteiger partial charge is 0.0346 e. The van der Waals surface area contributed by atoms with Crippen molar-refractivity contribution in [3.8, 4) is 12.3 Å². The first kappa shape index (κ1) is 11.0. The zero-order valence-corrected chi connectivity index (χ0v) is 10.4. The van der Waals surface area contributed by atoms with Crippen LogP contribution in [0.1, 0.15) is 6.42 Å². The molecule has 0 saturated heterocycles. The first-order chi connectivity index (χ1) is 7.79. The summed E-state index contributed by atoms with van der Waals surface area (Å²) < 4.78 is 1.10. The van der Waals surface area contributed by atoms with E-state index in [9.17, 15) is 0 Å². The average molecular weight is 274 g/mol. The van der Waals surface area contributed by atoms with E-state index in [-0.39, 0.29) is 0 Å². The third-order valence-corrected chi connectivity index (χ3v) is 2.89. The maximum atomic E-state index is 5.20. The lowest BCUT2D eigenvalue weighted by molar-refractivity contribution is 1.10. The Morgan fingerprint density at radius 1 is 1.12 bits per heavy atom. The molecule has 0 unspecified atom stereocenters. The van der Waals surface area contributed by atoms with Crippen LogP contribution in [0.5, 0.6) is 0 Å². The number of hydrogen-bond donors (Lipinski definition) is 1. The Balaban J connectivity index is 2.24. The summed E-state index contributed by atoms with van der Waals surface area (Å²) in [4.78, 5) is 0. The SMILES string of the molecule is C#CCCNc1ccc2cc(Br)ccc2c1. The number of terminal acetylenes is 1. The van der Waals surface area contributed by atoms with Gasteiger partial charge in [-0.05, 0) is 35.0 Å². The fourth-order valence-corrected chi connectivity index (χ4v) is 1.98. The molecule has 2 aromatic rings. The number of nitrogens with one attached hydrogen (secondary N) is 1. The number of hydrogen-bond acceptors (Lipinski definition) is 1. The molecule has 0 aliphatic heterocycles. The lowest BCUT2D eigenvalue weighted by Crippen LogP contribution is -1.99. The first-order valence-electron chi connectivity index (χ1n) is 5.16. The van der Waals surface area contributed by atoms with Crippen molar-refractivity contribution < 1.29 is 0 Å². The van der Waals surface area contributed by atoms with Crippen LogP contribution < -0.4 is 5.32 Å². The highest BCUT2D eigenvalue weighted by Crippen LogP contribution is 2.22. The Morgan fingerprint density at radius 3 is 2.69 bits per heavy atom. The Hall–Kier alpha value is -1.46. The standard InChI is InChI=1S/C14H12BrN/c1-2-3-8-16-14-7-5-11-9-13(15)6-4-12(11)10-14/h1,4-7,9-10,16H,3,8H2. The van der Waals surface area contributed by atoms with Gasteiger partial charge in [0.15, 0.2) is 0 Å². The van der Waals surface area contributed by atoms with E-state index in [1.165, 1.54) is 10.8 Å². The molecule has 2 rings (SSSR count). The van der Waals surface area contributed by atoms with Crippen LogP contribution in [-0.4, -0.2) is 6.54 Å². The molecule has 0 bridgehead atoms. The van der Waals surface area contributed by atoms with Crippen LogP contribution in [0.15, 0.2) is 40.9 Å². The molecule has 2 aromatic carbocycles. The Bertz CT molecular complexity index is 540. The van der Waals surface area contributed by atoms with E-state index in [4.69, 9.17) is 6.42 Å². The summed E-state index contributed by atoms with van der Waals surface area (Å²) in [5.74, 6) is 2.61. The second-order valence-electron chi connectivity index (χ2n) is 3.59. The number of fused-ring (bicyclic) bond motifs is 1. The average Bonchev–Trinajstić information content (AvgIpc) is 2.29. The largest absolute Gasteiger partial charge is 0.384 e. The van der Waals surface area contributed by atoms with Crippen molar-refractivity contribution in [2.24, 2.45) is 0 Å². The highest BCUT2D eigenvalue weighted by Gasteiger charge is 1.96. The second kappa shape index (κ2) is 5.05.